The highest BCUT2D eigenvalue weighted by molar-refractivity contribution is 5.94. The molecule has 0 saturated carbocycles. The van der Waals surface area contributed by atoms with Crippen molar-refractivity contribution in [2.75, 3.05) is 26.2 Å². The normalized spacial score (nSPS) is 15.7. The van der Waals surface area contributed by atoms with Gasteiger partial charge in [0.15, 0.2) is 11.6 Å². The molecule has 6 heteroatoms. The highest BCUT2D eigenvalue weighted by Gasteiger charge is 2.22. The lowest BCUT2D eigenvalue weighted by Gasteiger charge is -2.34. The van der Waals surface area contributed by atoms with Gasteiger partial charge in [0.2, 0.25) is 0 Å². The number of halogens is 2. The number of carbonyl (C=O) groups excluding carboxylic acids is 1. The van der Waals surface area contributed by atoms with Gasteiger partial charge in [0, 0.05) is 50.7 Å². The van der Waals surface area contributed by atoms with Crippen LogP contribution < -0.4 is 0 Å². The van der Waals surface area contributed by atoms with E-state index in [2.05, 4.69) is 9.88 Å². The van der Waals surface area contributed by atoms with Gasteiger partial charge < -0.3 is 4.90 Å². The first-order valence-corrected chi connectivity index (χ1v) is 7.49. The van der Waals surface area contributed by atoms with Crippen LogP contribution in [0.4, 0.5) is 8.78 Å². The topological polar surface area (TPSA) is 36.4 Å². The molecule has 0 radical (unpaired) electrons. The Kier molecular flexibility index (Phi) is 4.62. The molecule has 1 saturated heterocycles. The van der Waals surface area contributed by atoms with Crippen molar-refractivity contribution in [3.8, 4) is 0 Å². The van der Waals surface area contributed by atoms with E-state index in [1.165, 1.54) is 11.6 Å². The number of amides is 1. The summed E-state index contributed by atoms with van der Waals surface area (Å²) in [5, 5.41) is 0. The lowest BCUT2D eigenvalue weighted by Crippen LogP contribution is -2.48. The quantitative estimate of drug-likeness (QED) is 0.872. The predicted molar refractivity (Wildman–Crippen MR) is 81.8 cm³/mol. The summed E-state index contributed by atoms with van der Waals surface area (Å²) in [5.74, 6) is -2.19. The minimum Gasteiger partial charge on any atom is -0.336 e. The van der Waals surface area contributed by atoms with Gasteiger partial charge in [-0.25, -0.2) is 8.78 Å². The van der Waals surface area contributed by atoms with E-state index in [-0.39, 0.29) is 11.5 Å². The zero-order valence-corrected chi connectivity index (χ0v) is 12.6. The molecule has 1 aliphatic heterocycles. The van der Waals surface area contributed by atoms with Crippen LogP contribution >= 0.6 is 0 Å². The van der Waals surface area contributed by atoms with Crippen LogP contribution in [0.15, 0.2) is 42.7 Å². The fraction of sp³-hybridized carbons (Fsp3) is 0.294. The fourth-order valence-corrected chi connectivity index (χ4v) is 2.67. The SMILES string of the molecule is O=C(c1ccc(F)c(F)c1)N1CCN(Cc2ccncc2)CC1. The number of rotatable bonds is 3. The smallest absolute Gasteiger partial charge is 0.254 e. The van der Waals surface area contributed by atoms with Crippen LogP contribution in [0.3, 0.4) is 0 Å². The summed E-state index contributed by atoms with van der Waals surface area (Å²) in [6.07, 6.45) is 3.52. The van der Waals surface area contributed by atoms with E-state index in [0.29, 0.717) is 13.1 Å². The van der Waals surface area contributed by atoms with Gasteiger partial charge in [-0.05, 0) is 35.9 Å². The molecule has 0 atom stereocenters. The average Bonchev–Trinajstić information content (AvgIpc) is 2.58. The predicted octanol–water partition coefficient (Wildman–Crippen LogP) is 2.32. The number of carbonyl (C=O) groups is 1. The molecule has 0 aliphatic carbocycles. The van der Waals surface area contributed by atoms with Gasteiger partial charge in [0.25, 0.3) is 5.91 Å². The molecule has 0 unspecified atom stereocenters. The largest absolute Gasteiger partial charge is 0.336 e. The zero-order chi connectivity index (χ0) is 16.2. The monoisotopic (exact) mass is 317 g/mol. The third-order valence-corrected chi connectivity index (χ3v) is 3.98. The summed E-state index contributed by atoms with van der Waals surface area (Å²) in [4.78, 5) is 20.3. The van der Waals surface area contributed by atoms with Crippen molar-refractivity contribution >= 4 is 5.91 Å². The van der Waals surface area contributed by atoms with E-state index in [4.69, 9.17) is 0 Å². The van der Waals surface area contributed by atoms with E-state index in [0.717, 1.165) is 31.8 Å². The zero-order valence-electron chi connectivity index (χ0n) is 12.6. The van der Waals surface area contributed by atoms with Gasteiger partial charge in [-0.2, -0.15) is 0 Å². The second-order valence-corrected chi connectivity index (χ2v) is 5.55. The number of benzene rings is 1. The molecule has 1 fully saturated rings. The second kappa shape index (κ2) is 6.83. The van der Waals surface area contributed by atoms with Gasteiger partial charge in [-0.3, -0.25) is 14.7 Å². The van der Waals surface area contributed by atoms with E-state index >= 15 is 0 Å². The molecule has 3 rings (SSSR count). The molecule has 0 spiro atoms. The Hall–Kier alpha value is -2.34. The third-order valence-electron chi connectivity index (χ3n) is 3.98. The van der Waals surface area contributed by atoms with Crippen molar-refractivity contribution in [1.29, 1.82) is 0 Å². The summed E-state index contributed by atoms with van der Waals surface area (Å²) >= 11 is 0. The molecule has 23 heavy (non-hydrogen) atoms. The number of piperazine rings is 1. The van der Waals surface area contributed by atoms with Crippen molar-refractivity contribution in [1.82, 2.24) is 14.8 Å². The molecule has 0 N–H and O–H groups in total. The lowest BCUT2D eigenvalue weighted by molar-refractivity contribution is 0.0628. The first kappa shape index (κ1) is 15.6. The van der Waals surface area contributed by atoms with Crippen LogP contribution in [-0.2, 0) is 6.54 Å². The van der Waals surface area contributed by atoms with Gasteiger partial charge in [0.05, 0.1) is 0 Å². The minimum absolute atomic E-state index is 0.187. The molecular formula is C17H17F2N3O. The first-order chi connectivity index (χ1) is 11.1. The van der Waals surface area contributed by atoms with Crippen LogP contribution in [-0.4, -0.2) is 46.9 Å². The van der Waals surface area contributed by atoms with Crippen LogP contribution in [0.5, 0.6) is 0 Å². The number of hydrogen-bond acceptors (Lipinski definition) is 3. The average molecular weight is 317 g/mol. The van der Waals surface area contributed by atoms with Crippen molar-refractivity contribution in [2.24, 2.45) is 0 Å². The maximum atomic E-state index is 13.3. The van der Waals surface area contributed by atoms with Gasteiger partial charge in [-0.15, -0.1) is 0 Å². The molecule has 1 amide bonds. The van der Waals surface area contributed by atoms with E-state index in [9.17, 15) is 13.6 Å². The summed E-state index contributed by atoms with van der Waals surface area (Å²) in [7, 11) is 0. The molecule has 1 aromatic heterocycles. The highest BCUT2D eigenvalue weighted by atomic mass is 19.2. The summed E-state index contributed by atoms with van der Waals surface area (Å²) in [5.41, 5.74) is 1.37. The van der Waals surface area contributed by atoms with E-state index in [1.54, 1.807) is 17.3 Å². The molecule has 4 nitrogen and oxygen atoms in total. The Morgan fingerprint density at radius 3 is 2.35 bits per heavy atom. The molecule has 1 aliphatic rings. The van der Waals surface area contributed by atoms with Crippen LogP contribution in [0.2, 0.25) is 0 Å². The Balaban J connectivity index is 1.58. The summed E-state index contributed by atoms with van der Waals surface area (Å²) in [6.45, 7) is 3.46. The van der Waals surface area contributed by atoms with Gasteiger partial charge in [-0.1, -0.05) is 0 Å². The molecule has 0 bridgehead atoms. The highest BCUT2D eigenvalue weighted by Crippen LogP contribution is 2.14. The molecule has 2 heterocycles. The number of hydrogen-bond donors (Lipinski definition) is 0. The standard InChI is InChI=1S/C17H17F2N3O/c18-15-2-1-14(11-16(15)19)17(23)22-9-7-21(8-10-22)12-13-3-5-20-6-4-13/h1-6,11H,7-10,12H2. The lowest BCUT2D eigenvalue weighted by atomic mass is 10.1. The molecule has 120 valence electrons. The van der Waals surface area contributed by atoms with Crippen molar-refractivity contribution in [3.63, 3.8) is 0 Å². The van der Waals surface area contributed by atoms with Crippen LogP contribution in [0.25, 0.3) is 0 Å². The van der Waals surface area contributed by atoms with Crippen molar-refractivity contribution in [2.45, 2.75) is 6.54 Å². The Labute approximate surface area is 133 Å². The van der Waals surface area contributed by atoms with Crippen LogP contribution in [0, 0.1) is 11.6 Å². The third kappa shape index (κ3) is 3.71. The molecule has 1 aromatic carbocycles. The number of aromatic nitrogens is 1. The Bertz CT molecular complexity index is 685. The Morgan fingerprint density at radius 1 is 1.00 bits per heavy atom. The minimum atomic E-state index is -0.993. The molecule has 2 aromatic rings. The Morgan fingerprint density at radius 2 is 1.70 bits per heavy atom. The van der Waals surface area contributed by atoms with Gasteiger partial charge >= 0.3 is 0 Å². The first-order valence-electron chi connectivity index (χ1n) is 7.49. The van der Waals surface area contributed by atoms with Crippen molar-refractivity contribution < 1.29 is 13.6 Å². The maximum Gasteiger partial charge on any atom is 0.254 e. The number of nitrogens with zero attached hydrogens (tertiary/aromatic N) is 3. The second-order valence-electron chi connectivity index (χ2n) is 5.55. The number of pyridine rings is 1. The van der Waals surface area contributed by atoms with E-state index in [1.807, 2.05) is 12.1 Å². The summed E-state index contributed by atoms with van der Waals surface area (Å²) < 4.78 is 26.2. The van der Waals surface area contributed by atoms with Gasteiger partial charge in [0.1, 0.15) is 0 Å². The van der Waals surface area contributed by atoms with E-state index < -0.39 is 11.6 Å². The van der Waals surface area contributed by atoms with Crippen LogP contribution in [0.1, 0.15) is 15.9 Å². The molecular weight excluding hydrogens is 300 g/mol. The van der Waals surface area contributed by atoms with Crippen molar-refractivity contribution in [3.05, 3.63) is 65.5 Å². The fourth-order valence-electron chi connectivity index (χ4n) is 2.67. The summed E-state index contributed by atoms with van der Waals surface area (Å²) in [6, 6.07) is 7.21. The maximum absolute atomic E-state index is 13.3.